The molecule has 1 aromatic heterocycles. The maximum Gasteiger partial charge on any atom is 0.586 e. The average Bonchev–Trinajstić information content (AvgIpc) is 3.19. The van der Waals surface area contributed by atoms with Gasteiger partial charge in [0.05, 0.1) is 5.69 Å². The van der Waals surface area contributed by atoms with Crippen LogP contribution >= 0.6 is 0 Å². The second-order valence-corrected chi connectivity index (χ2v) is 9.28. The normalized spacial score (nSPS) is 21.0. The minimum absolute atomic E-state index is 0.00222. The molecule has 1 aromatic carbocycles. The number of alkyl halides is 2. The summed E-state index contributed by atoms with van der Waals surface area (Å²) in [5, 5.41) is 9.44. The summed E-state index contributed by atoms with van der Waals surface area (Å²) in [4.78, 5) is 26.7. The van der Waals surface area contributed by atoms with Gasteiger partial charge in [-0.2, -0.15) is 10.3 Å². The number of pyridine rings is 1. The van der Waals surface area contributed by atoms with Gasteiger partial charge in [0.1, 0.15) is 17.5 Å². The summed E-state index contributed by atoms with van der Waals surface area (Å²) in [6.45, 7) is 5.92. The van der Waals surface area contributed by atoms with Gasteiger partial charge in [-0.05, 0) is 42.7 Å². The maximum atomic E-state index is 13.5. The van der Waals surface area contributed by atoms with Crippen molar-refractivity contribution >= 4 is 17.9 Å². The smallest absolute Gasteiger partial charge is 0.395 e. The number of anilines is 1. The standard InChI is InChI=1S/C26H30F2N6O3/c1-5-19-15-34(25(30-16-35)24-21(32(3)4)9-8-18(12-29)31-24)20(6-2)14-33(19)13-17-7-10-22-23(11-17)37-26(27,28)36-22/h7-11,16,19-20H,5-6,13-15H2,1-4H3/t19-,20?/m1/s1. The molecule has 0 spiro atoms. The zero-order valence-corrected chi connectivity index (χ0v) is 21.3. The number of amides is 1. The Morgan fingerprint density at radius 1 is 1.19 bits per heavy atom. The van der Waals surface area contributed by atoms with E-state index in [9.17, 15) is 18.8 Å². The Hall–Kier alpha value is -3.78. The van der Waals surface area contributed by atoms with Crippen molar-refractivity contribution in [3.8, 4) is 17.6 Å². The molecule has 2 atom stereocenters. The zero-order chi connectivity index (χ0) is 26.7. The third-order valence-corrected chi connectivity index (χ3v) is 6.73. The second-order valence-electron chi connectivity index (χ2n) is 9.28. The molecular formula is C26H30F2N6O3. The SMILES string of the molecule is CCC1CN(Cc2ccc3c(c2)OC(F)(F)O3)[C@H](CC)CN1C(=NC=O)c1nc(C#N)ccc1N(C)C. The van der Waals surface area contributed by atoms with Gasteiger partial charge < -0.3 is 19.3 Å². The van der Waals surface area contributed by atoms with Crippen LogP contribution in [-0.4, -0.2) is 72.6 Å². The number of nitriles is 1. The van der Waals surface area contributed by atoms with E-state index in [4.69, 9.17) is 0 Å². The Balaban J connectivity index is 1.63. The van der Waals surface area contributed by atoms with Crippen LogP contribution in [0.5, 0.6) is 11.5 Å². The third kappa shape index (κ3) is 5.49. The molecule has 0 aliphatic carbocycles. The number of carbonyl (C=O) groups excluding carboxylic acids is 1. The van der Waals surface area contributed by atoms with Gasteiger partial charge in [0.2, 0.25) is 6.41 Å². The zero-order valence-electron chi connectivity index (χ0n) is 21.3. The molecule has 196 valence electrons. The lowest BCUT2D eigenvalue weighted by atomic mass is 10.00. The molecule has 4 rings (SSSR count). The topological polar surface area (TPSA) is 94.3 Å². The molecule has 9 nitrogen and oxygen atoms in total. The van der Waals surface area contributed by atoms with E-state index >= 15 is 0 Å². The van der Waals surface area contributed by atoms with E-state index in [1.165, 1.54) is 6.07 Å². The van der Waals surface area contributed by atoms with Crippen LogP contribution in [0.25, 0.3) is 0 Å². The molecule has 1 amide bonds. The Labute approximate surface area is 214 Å². The van der Waals surface area contributed by atoms with Gasteiger partial charge in [0, 0.05) is 45.8 Å². The van der Waals surface area contributed by atoms with Crippen LogP contribution in [0.1, 0.15) is 43.6 Å². The van der Waals surface area contributed by atoms with Crippen molar-refractivity contribution in [2.45, 2.75) is 51.6 Å². The molecular weight excluding hydrogens is 482 g/mol. The van der Waals surface area contributed by atoms with Gasteiger partial charge in [-0.3, -0.25) is 9.69 Å². The molecule has 11 heteroatoms. The Bertz CT molecular complexity index is 1230. The molecule has 2 aliphatic heterocycles. The first-order valence-corrected chi connectivity index (χ1v) is 12.2. The number of hydrogen-bond donors (Lipinski definition) is 0. The van der Waals surface area contributed by atoms with Gasteiger partial charge in [-0.1, -0.05) is 19.9 Å². The summed E-state index contributed by atoms with van der Waals surface area (Å²) < 4.78 is 36.1. The maximum absolute atomic E-state index is 13.5. The number of benzene rings is 1. The van der Waals surface area contributed by atoms with Crippen molar-refractivity contribution in [2.24, 2.45) is 4.99 Å². The van der Waals surface area contributed by atoms with E-state index in [2.05, 4.69) is 49.2 Å². The molecule has 0 radical (unpaired) electrons. The molecule has 0 bridgehead atoms. The van der Waals surface area contributed by atoms with Crippen LogP contribution < -0.4 is 14.4 Å². The Morgan fingerprint density at radius 2 is 1.92 bits per heavy atom. The quantitative estimate of drug-likeness (QED) is 0.316. The summed E-state index contributed by atoms with van der Waals surface area (Å²) in [7, 11) is 3.74. The number of hydrogen-bond acceptors (Lipinski definition) is 7. The predicted octanol–water partition coefficient (Wildman–Crippen LogP) is 3.62. The van der Waals surface area contributed by atoms with Gasteiger partial charge in [-0.25, -0.2) is 4.98 Å². The number of amidine groups is 1. The van der Waals surface area contributed by atoms with Crippen LogP contribution in [0.15, 0.2) is 35.3 Å². The minimum Gasteiger partial charge on any atom is -0.395 e. The van der Waals surface area contributed by atoms with Crippen LogP contribution in [0.4, 0.5) is 14.5 Å². The highest BCUT2D eigenvalue weighted by molar-refractivity contribution is 6.05. The van der Waals surface area contributed by atoms with Crippen LogP contribution in [0.3, 0.4) is 0 Å². The van der Waals surface area contributed by atoms with Crippen molar-refractivity contribution in [3.63, 3.8) is 0 Å². The van der Waals surface area contributed by atoms with Crippen molar-refractivity contribution in [1.29, 1.82) is 5.26 Å². The molecule has 2 aliphatic rings. The molecule has 1 saturated heterocycles. The number of ether oxygens (including phenoxy) is 2. The molecule has 1 unspecified atom stereocenters. The lowest BCUT2D eigenvalue weighted by molar-refractivity contribution is -0.286. The molecule has 3 heterocycles. The van der Waals surface area contributed by atoms with Crippen molar-refractivity contribution in [3.05, 3.63) is 47.3 Å². The average molecular weight is 513 g/mol. The third-order valence-electron chi connectivity index (χ3n) is 6.73. The summed E-state index contributed by atoms with van der Waals surface area (Å²) >= 11 is 0. The number of nitrogens with zero attached hydrogens (tertiary/aromatic N) is 6. The van der Waals surface area contributed by atoms with E-state index < -0.39 is 6.29 Å². The minimum atomic E-state index is -3.65. The fraction of sp³-hybridized carbons (Fsp3) is 0.462. The highest BCUT2D eigenvalue weighted by atomic mass is 19.3. The van der Waals surface area contributed by atoms with E-state index in [1.54, 1.807) is 24.3 Å². The van der Waals surface area contributed by atoms with Crippen LogP contribution in [0, 0.1) is 11.3 Å². The molecule has 2 aromatic rings. The van der Waals surface area contributed by atoms with Crippen LogP contribution in [0.2, 0.25) is 0 Å². The number of carbonyl (C=O) groups is 1. The fourth-order valence-corrected chi connectivity index (χ4v) is 4.89. The highest BCUT2D eigenvalue weighted by Crippen LogP contribution is 2.41. The van der Waals surface area contributed by atoms with Gasteiger partial charge in [0.25, 0.3) is 0 Å². The molecule has 1 fully saturated rings. The first kappa shape index (κ1) is 26.3. The van der Waals surface area contributed by atoms with Gasteiger partial charge >= 0.3 is 6.29 Å². The summed E-state index contributed by atoms with van der Waals surface area (Å²) in [6, 6.07) is 10.5. The number of piperazine rings is 1. The highest BCUT2D eigenvalue weighted by Gasteiger charge is 2.43. The van der Waals surface area contributed by atoms with Crippen molar-refractivity contribution < 1.29 is 23.0 Å². The number of rotatable bonds is 7. The monoisotopic (exact) mass is 512 g/mol. The fourth-order valence-electron chi connectivity index (χ4n) is 4.89. The Kier molecular flexibility index (Phi) is 7.59. The lowest BCUT2D eigenvalue weighted by Crippen LogP contribution is -2.59. The number of halogens is 2. The number of aromatic nitrogens is 1. The Morgan fingerprint density at radius 3 is 2.57 bits per heavy atom. The first-order chi connectivity index (χ1) is 17.7. The molecule has 0 N–H and O–H groups in total. The van der Waals surface area contributed by atoms with Crippen molar-refractivity contribution in [1.82, 2.24) is 14.8 Å². The van der Waals surface area contributed by atoms with E-state index in [0.29, 0.717) is 37.6 Å². The number of aliphatic imine (C=N–C) groups is 1. The molecule has 37 heavy (non-hydrogen) atoms. The first-order valence-electron chi connectivity index (χ1n) is 12.2. The summed E-state index contributed by atoms with van der Waals surface area (Å²) in [5.41, 5.74) is 2.31. The predicted molar refractivity (Wildman–Crippen MR) is 134 cm³/mol. The van der Waals surface area contributed by atoms with Gasteiger partial charge in [-0.15, -0.1) is 8.78 Å². The van der Waals surface area contributed by atoms with E-state index in [0.717, 1.165) is 24.1 Å². The summed E-state index contributed by atoms with van der Waals surface area (Å²) in [6.07, 6.45) is -1.55. The van der Waals surface area contributed by atoms with Crippen LogP contribution in [-0.2, 0) is 11.3 Å². The summed E-state index contributed by atoms with van der Waals surface area (Å²) in [5.74, 6) is 0.489. The molecule has 0 saturated carbocycles. The second kappa shape index (κ2) is 10.7. The lowest BCUT2D eigenvalue weighted by Gasteiger charge is -2.47. The van der Waals surface area contributed by atoms with E-state index in [1.807, 2.05) is 19.0 Å². The van der Waals surface area contributed by atoms with E-state index in [-0.39, 0.29) is 29.3 Å². The largest absolute Gasteiger partial charge is 0.586 e. The van der Waals surface area contributed by atoms with Crippen molar-refractivity contribution in [2.75, 3.05) is 32.1 Å². The number of fused-ring (bicyclic) bond motifs is 1. The van der Waals surface area contributed by atoms with Gasteiger partial charge in [0.15, 0.2) is 17.3 Å².